The Kier molecular flexibility index (Phi) is 5.63. The molecule has 108 valence electrons. The second-order valence-electron chi connectivity index (χ2n) is 5.16. The van der Waals surface area contributed by atoms with Crippen LogP contribution in [0.4, 0.5) is 6.01 Å². The van der Waals surface area contributed by atoms with Crippen LogP contribution in [0.25, 0.3) is 0 Å². The van der Waals surface area contributed by atoms with Gasteiger partial charge < -0.3 is 14.6 Å². The number of aromatic nitrogens is 2. The van der Waals surface area contributed by atoms with E-state index in [9.17, 15) is 0 Å². The van der Waals surface area contributed by atoms with E-state index in [0.29, 0.717) is 24.4 Å². The molecular weight excluding hydrogens is 242 g/mol. The molecule has 5 nitrogen and oxygen atoms in total. The Bertz CT molecular complexity index is 361. The fourth-order valence-electron chi connectivity index (χ4n) is 2.69. The molecule has 5 heteroatoms. The van der Waals surface area contributed by atoms with Gasteiger partial charge in [0.15, 0.2) is 0 Å². The summed E-state index contributed by atoms with van der Waals surface area (Å²) in [4.78, 5) is 4.43. The Morgan fingerprint density at radius 2 is 2.11 bits per heavy atom. The molecule has 19 heavy (non-hydrogen) atoms. The molecule has 1 aromatic rings. The summed E-state index contributed by atoms with van der Waals surface area (Å²) in [6.07, 6.45) is 7.35. The molecule has 0 radical (unpaired) electrons. The number of rotatable bonds is 7. The Morgan fingerprint density at radius 3 is 2.79 bits per heavy atom. The zero-order valence-electron chi connectivity index (χ0n) is 12.0. The molecule has 1 saturated carbocycles. The van der Waals surface area contributed by atoms with Gasteiger partial charge in [-0.3, -0.25) is 0 Å². The van der Waals surface area contributed by atoms with Gasteiger partial charge in [-0.1, -0.05) is 31.3 Å². The predicted octanol–water partition coefficient (Wildman–Crippen LogP) is 3.55. The zero-order chi connectivity index (χ0) is 13.5. The smallest absolute Gasteiger partial charge is 0.321 e. The van der Waals surface area contributed by atoms with E-state index < -0.39 is 0 Å². The van der Waals surface area contributed by atoms with Crippen molar-refractivity contribution in [3.8, 4) is 0 Å². The topological polar surface area (TPSA) is 60.2 Å². The standard InChI is InChI=1S/C14H25N3O2/c1-3-10-15-14-16-13(17-19-14)12(18-4-2)11-8-6-5-7-9-11/h11-12H,3-10H2,1-2H3,(H,15,16,17). The Morgan fingerprint density at radius 1 is 1.32 bits per heavy atom. The first-order valence-electron chi connectivity index (χ1n) is 7.54. The number of hydrogen-bond acceptors (Lipinski definition) is 5. The molecule has 0 saturated heterocycles. The van der Waals surface area contributed by atoms with Crippen molar-refractivity contribution in [3.05, 3.63) is 5.82 Å². The van der Waals surface area contributed by atoms with Crippen LogP contribution in [0.3, 0.4) is 0 Å². The maximum Gasteiger partial charge on any atom is 0.321 e. The number of anilines is 1. The van der Waals surface area contributed by atoms with Crippen molar-refractivity contribution in [2.45, 2.75) is 58.5 Å². The van der Waals surface area contributed by atoms with Crippen LogP contribution >= 0.6 is 0 Å². The number of ether oxygens (including phenoxy) is 1. The predicted molar refractivity (Wildman–Crippen MR) is 74.0 cm³/mol. The first kappa shape index (κ1) is 14.3. The van der Waals surface area contributed by atoms with E-state index in [0.717, 1.165) is 13.0 Å². The lowest BCUT2D eigenvalue weighted by Crippen LogP contribution is -2.20. The molecule has 1 N–H and O–H groups in total. The normalized spacial score (nSPS) is 18.4. The highest BCUT2D eigenvalue weighted by Gasteiger charge is 2.29. The van der Waals surface area contributed by atoms with Crippen molar-refractivity contribution < 1.29 is 9.26 Å². The molecule has 1 unspecified atom stereocenters. The Balaban J connectivity index is 2.02. The van der Waals surface area contributed by atoms with Gasteiger partial charge in [0.2, 0.25) is 5.82 Å². The minimum atomic E-state index is -0.00812. The summed E-state index contributed by atoms with van der Waals surface area (Å²) >= 11 is 0. The van der Waals surface area contributed by atoms with Crippen LogP contribution < -0.4 is 5.32 Å². The first-order chi connectivity index (χ1) is 9.35. The molecule has 1 atom stereocenters. The number of nitrogens with one attached hydrogen (secondary N) is 1. The van der Waals surface area contributed by atoms with Crippen LogP contribution in [0, 0.1) is 5.92 Å². The quantitative estimate of drug-likeness (QED) is 0.818. The van der Waals surface area contributed by atoms with Crippen LogP contribution in [0.5, 0.6) is 0 Å². The number of nitrogens with zero attached hydrogens (tertiary/aromatic N) is 2. The largest absolute Gasteiger partial charge is 0.370 e. The lowest BCUT2D eigenvalue weighted by Gasteiger charge is -2.27. The van der Waals surface area contributed by atoms with Gasteiger partial charge in [-0.25, -0.2) is 0 Å². The second-order valence-corrected chi connectivity index (χ2v) is 5.16. The zero-order valence-corrected chi connectivity index (χ0v) is 12.0. The average molecular weight is 267 g/mol. The van der Waals surface area contributed by atoms with Gasteiger partial charge in [0.1, 0.15) is 6.10 Å². The highest BCUT2D eigenvalue weighted by molar-refractivity contribution is 5.18. The van der Waals surface area contributed by atoms with Crippen LogP contribution in [0.1, 0.15) is 64.3 Å². The van der Waals surface area contributed by atoms with E-state index in [2.05, 4.69) is 22.4 Å². The van der Waals surface area contributed by atoms with Gasteiger partial charge in [-0.05, 0) is 32.1 Å². The van der Waals surface area contributed by atoms with Gasteiger partial charge in [0, 0.05) is 13.2 Å². The average Bonchev–Trinajstić information content (AvgIpc) is 2.92. The minimum absolute atomic E-state index is 0.00812. The molecular formula is C14H25N3O2. The minimum Gasteiger partial charge on any atom is -0.370 e. The molecule has 0 spiro atoms. The molecule has 0 amide bonds. The second kappa shape index (κ2) is 7.48. The fourth-order valence-corrected chi connectivity index (χ4v) is 2.69. The van der Waals surface area contributed by atoms with Gasteiger partial charge in [-0.15, -0.1) is 0 Å². The van der Waals surface area contributed by atoms with E-state index in [-0.39, 0.29) is 6.10 Å². The third-order valence-electron chi connectivity index (χ3n) is 3.65. The molecule has 1 aliphatic carbocycles. The van der Waals surface area contributed by atoms with Gasteiger partial charge in [-0.2, -0.15) is 4.98 Å². The lowest BCUT2D eigenvalue weighted by molar-refractivity contribution is -0.00145. The van der Waals surface area contributed by atoms with Crippen molar-refractivity contribution in [2.75, 3.05) is 18.5 Å². The third kappa shape index (κ3) is 3.93. The maximum absolute atomic E-state index is 5.87. The lowest BCUT2D eigenvalue weighted by atomic mass is 9.85. The molecule has 1 aliphatic rings. The molecule has 2 rings (SSSR count). The van der Waals surface area contributed by atoms with Crippen molar-refractivity contribution in [3.63, 3.8) is 0 Å². The van der Waals surface area contributed by atoms with Crippen LogP contribution in [-0.2, 0) is 4.74 Å². The molecule has 0 aliphatic heterocycles. The van der Waals surface area contributed by atoms with E-state index in [1.807, 2.05) is 6.92 Å². The van der Waals surface area contributed by atoms with E-state index >= 15 is 0 Å². The summed E-state index contributed by atoms with van der Waals surface area (Å²) in [5.41, 5.74) is 0. The maximum atomic E-state index is 5.87. The first-order valence-corrected chi connectivity index (χ1v) is 7.54. The van der Waals surface area contributed by atoms with Gasteiger partial charge >= 0.3 is 6.01 Å². The molecule has 1 fully saturated rings. The molecule has 1 aromatic heterocycles. The van der Waals surface area contributed by atoms with E-state index in [1.165, 1.54) is 32.1 Å². The van der Waals surface area contributed by atoms with Crippen molar-refractivity contribution in [1.82, 2.24) is 10.1 Å². The van der Waals surface area contributed by atoms with E-state index in [4.69, 9.17) is 9.26 Å². The Labute approximate surface area is 115 Å². The molecule has 0 bridgehead atoms. The van der Waals surface area contributed by atoms with Crippen molar-refractivity contribution in [1.29, 1.82) is 0 Å². The summed E-state index contributed by atoms with van der Waals surface area (Å²) in [6, 6.07) is 0.511. The molecule has 0 aromatic carbocycles. The summed E-state index contributed by atoms with van der Waals surface area (Å²) in [5.74, 6) is 1.23. The monoisotopic (exact) mass is 267 g/mol. The number of hydrogen-bond donors (Lipinski definition) is 1. The van der Waals surface area contributed by atoms with Crippen molar-refractivity contribution >= 4 is 6.01 Å². The van der Waals surface area contributed by atoms with Crippen LogP contribution in [-0.4, -0.2) is 23.3 Å². The molecule has 1 heterocycles. The summed E-state index contributed by atoms with van der Waals surface area (Å²) in [7, 11) is 0. The van der Waals surface area contributed by atoms with Gasteiger partial charge in [0.25, 0.3) is 0 Å². The Hall–Kier alpha value is -1.10. The summed E-state index contributed by atoms with van der Waals surface area (Å²) in [6.45, 7) is 5.67. The van der Waals surface area contributed by atoms with Crippen LogP contribution in [0.2, 0.25) is 0 Å². The van der Waals surface area contributed by atoms with Crippen molar-refractivity contribution in [2.24, 2.45) is 5.92 Å². The highest BCUT2D eigenvalue weighted by atomic mass is 16.5. The SMILES string of the molecule is CCCNc1nc(C(OCC)C2CCCCC2)no1. The third-order valence-corrected chi connectivity index (χ3v) is 3.65. The summed E-state index contributed by atoms with van der Waals surface area (Å²) < 4.78 is 11.1. The van der Waals surface area contributed by atoms with Gasteiger partial charge in [0.05, 0.1) is 0 Å². The summed E-state index contributed by atoms with van der Waals surface area (Å²) in [5, 5.41) is 7.21. The van der Waals surface area contributed by atoms with Crippen LogP contribution in [0.15, 0.2) is 4.52 Å². The van der Waals surface area contributed by atoms with E-state index in [1.54, 1.807) is 0 Å². The fraction of sp³-hybridized carbons (Fsp3) is 0.857. The highest BCUT2D eigenvalue weighted by Crippen LogP contribution is 2.35.